The minimum Gasteiger partial charge on any atom is -0.282 e. The highest BCUT2D eigenvalue weighted by atomic mass is 32.2. The molecule has 4 rings (SSSR count). The maximum atomic E-state index is 12.7. The molecule has 0 amide bonds. The predicted molar refractivity (Wildman–Crippen MR) is 117 cm³/mol. The summed E-state index contributed by atoms with van der Waals surface area (Å²) in [6.07, 6.45) is 0.999. The summed E-state index contributed by atoms with van der Waals surface area (Å²) in [6, 6.07) is 11.7. The third kappa shape index (κ3) is 4.36. The molecule has 29 heavy (non-hydrogen) atoms. The maximum Gasteiger partial charge on any atom is 0.252 e. The first kappa shape index (κ1) is 20.4. The van der Waals surface area contributed by atoms with Gasteiger partial charge >= 0.3 is 0 Å². The second-order valence-electron chi connectivity index (χ2n) is 6.93. The number of hydrogen-bond acceptors (Lipinski definition) is 6. The quantitative estimate of drug-likeness (QED) is 0.585. The number of thiophene rings is 1. The number of benzene rings is 1. The van der Waals surface area contributed by atoms with Crippen molar-refractivity contribution in [1.29, 1.82) is 0 Å². The Labute approximate surface area is 179 Å². The van der Waals surface area contributed by atoms with Crippen LogP contribution in [-0.4, -0.2) is 58.6 Å². The summed E-state index contributed by atoms with van der Waals surface area (Å²) >= 11 is 6.67. The highest BCUT2D eigenvalue weighted by Crippen LogP contribution is 2.22. The van der Waals surface area contributed by atoms with Gasteiger partial charge in [-0.3, -0.25) is 10.00 Å². The zero-order chi connectivity index (χ0) is 20.4. The Morgan fingerprint density at radius 3 is 2.48 bits per heavy atom. The Bertz CT molecular complexity index is 1110. The van der Waals surface area contributed by atoms with E-state index < -0.39 is 10.0 Å². The Morgan fingerprint density at radius 2 is 1.86 bits per heavy atom. The SMILES string of the molecule is CCc1ccc(-c2nc(=S)n(CN3CCN(S(=O)(=O)c4cccs4)CC3)[nH]2)cc1. The Morgan fingerprint density at radius 1 is 1.14 bits per heavy atom. The molecule has 3 aromatic rings. The number of aryl methyl sites for hydroxylation is 1. The zero-order valence-corrected chi connectivity index (χ0v) is 18.6. The minimum atomic E-state index is -3.38. The van der Waals surface area contributed by atoms with Crippen molar-refractivity contribution in [3.05, 3.63) is 52.1 Å². The van der Waals surface area contributed by atoms with Crippen LogP contribution in [0.15, 0.2) is 46.0 Å². The molecule has 0 radical (unpaired) electrons. The summed E-state index contributed by atoms with van der Waals surface area (Å²) in [5.41, 5.74) is 2.28. The molecular weight excluding hydrogens is 426 g/mol. The van der Waals surface area contributed by atoms with Crippen molar-refractivity contribution in [1.82, 2.24) is 24.0 Å². The number of nitrogens with zero attached hydrogens (tertiary/aromatic N) is 4. The van der Waals surface area contributed by atoms with Crippen molar-refractivity contribution in [2.24, 2.45) is 0 Å². The molecule has 0 saturated carbocycles. The standard InChI is InChI=1S/C19H23N5O2S3/c1-2-15-5-7-16(8-6-15)18-20-19(27)24(21-18)14-22-9-11-23(12-10-22)29(25,26)17-4-3-13-28-17/h3-8,13H,2,9-12,14H2,1H3,(H,20,21,27). The largest absolute Gasteiger partial charge is 0.282 e. The van der Waals surface area contributed by atoms with Crippen LogP contribution in [-0.2, 0) is 23.1 Å². The van der Waals surface area contributed by atoms with Crippen LogP contribution in [0.1, 0.15) is 12.5 Å². The molecule has 10 heteroatoms. The number of H-pyrrole nitrogens is 1. The number of nitrogens with one attached hydrogen (secondary N) is 1. The van der Waals surface area contributed by atoms with Crippen LogP contribution in [0.2, 0.25) is 0 Å². The molecule has 1 saturated heterocycles. The van der Waals surface area contributed by atoms with Gasteiger partial charge < -0.3 is 0 Å². The number of hydrogen-bond donors (Lipinski definition) is 1. The fourth-order valence-electron chi connectivity index (χ4n) is 3.33. The van der Waals surface area contributed by atoms with Gasteiger partial charge in [-0.2, -0.15) is 9.29 Å². The van der Waals surface area contributed by atoms with Crippen molar-refractivity contribution in [3.63, 3.8) is 0 Å². The number of rotatable bonds is 6. The van der Waals surface area contributed by atoms with Gasteiger partial charge in [-0.05, 0) is 35.6 Å². The molecule has 0 bridgehead atoms. The van der Waals surface area contributed by atoms with E-state index in [0.717, 1.165) is 17.8 Å². The van der Waals surface area contributed by atoms with Crippen LogP contribution < -0.4 is 0 Å². The summed E-state index contributed by atoms with van der Waals surface area (Å²) in [7, 11) is -3.38. The molecule has 3 heterocycles. The van der Waals surface area contributed by atoms with Gasteiger partial charge in [0.2, 0.25) is 4.77 Å². The average molecular weight is 450 g/mol. The fourth-order valence-corrected chi connectivity index (χ4v) is 6.09. The lowest BCUT2D eigenvalue weighted by atomic mass is 10.1. The predicted octanol–water partition coefficient (Wildman–Crippen LogP) is 3.20. The van der Waals surface area contributed by atoms with Gasteiger partial charge in [0.05, 0.1) is 6.67 Å². The number of aromatic amines is 1. The van der Waals surface area contributed by atoms with E-state index in [1.165, 1.54) is 16.9 Å². The van der Waals surface area contributed by atoms with E-state index in [4.69, 9.17) is 12.2 Å². The van der Waals surface area contributed by atoms with E-state index >= 15 is 0 Å². The maximum absolute atomic E-state index is 12.7. The third-order valence-electron chi connectivity index (χ3n) is 5.08. The molecule has 1 fully saturated rings. The van der Waals surface area contributed by atoms with Crippen molar-refractivity contribution in [2.75, 3.05) is 26.2 Å². The van der Waals surface area contributed by atoms with E-state index in [1.54, 1.807) is 21.8 Å². The lowest BCUT2D eigenvalue weighted by molar-refractivity contribution is 0.145. The van der Waals surface area contributed by atoms with Crippen molar-refractivity contribution in [3.8, 4) is 11.4 Å². The van der Waals surface area contributed by atoms with E-state index in [9.17, 15) is 8.42 Å². The van der Waals surface area contributed by atoms with Gasteiger partial charge in [-0.1, -0.05) is 37.3 Å². The van der Waals surface area contributed by atoms with Gasteiger partial charge in [0.25, 0.3) is 10.0 Å². The van der Waals surface area contributed by atoms with Crippen LogP contribution in [0, 0.1) is 4.77 Å². The van der Waals surface area contributed by atoms with Gasteiger partial charge in [0, 0.05) is 31.7 Å². The van der Waals surface area contributed by atoms with Crippen LogP contribution >= 0.6 is 23.6 Å². The second-order valence-corrected chi connectivity index (χ2v) is 10.4. The molecule has 0 atom stereocenters. The summed E-state index contributed by atoms with van der Waals surface area (Å²) in [4.78, 5) is 6.66. The Kier molecular flexibility index (Phi) is 5.98. The molecule has 154 valence electrons. The summed E-state index contributed by atoms with van der Waals surface area (Å²) in [5, 5.41) is 5.06. The van der Waals surface area contributed by atoms with Crippen LogP contribution in [0.5, 0.6) is 0 Å². The zero-order valence-electron chi connectivity index (χ0n) is 16.1. The van der Waals surface area contributed by atoms with Crippen molar-refractivity contribution < 1.29 is 8.42 Å². The normalized spacial score (nSPS) is 16.3. The summed E-state index contributed by atoms with van der Waals surface area (Å²) in [6.45, 7) is 4.91. The summed E-state index contributed by atoms with van der Waals surface area (Å²) in [5.74, 6) is 0.747. The van der Waals surface area contributed by atoms with Crippen molar-refractivity contribution in [2.45, 2.75) is 24.2 Å². The number of sulfonamides is 1. The number of aromatic nitrogens is 3. The van der Waals surface area contributed by atoms with Crippen LogP contribution in [0.3, 0.4) is 0 Å². The van der Waals surface area contributed by atoms with E-state index in [0.29, 0.717) is 41.8 Å². The van der Waals surface area contributed by atoms with E-state index in [1.807, 2.05) is 16.8 Å². The lowest BCUT2D eigenvalue weighted by Gasteiger charge is -2.33. The monoisotopic (exact) mass is 449 g/mol. The Hall–Kier alpha value is -1.85. The Balaban J connectivity index is 1.41. The molecule has 0 aliphatic carbocycles. The second kappa shape index (κ2) is 8.49. The molecule has 2 aromatic heterocycles. The summed E-state index contributed by atoms with van der Waals surface area (Å²) < 4.78 is 29.6. The van der Waals surface area contributed by atoms with Gasteiger partial charge in [-0.25, -0.2) is 13.1 Å². The molecule has 1 aliphatic heterocycles. The first-order chi connectivity index (χ1) is 14.0. The van der Waals surface area contributed by atoms with Crippen LogP contribution in [0.25, 0.3) is 11.4 Å². The highest BCUT2D eigenvalue weighted by Gasteiger charge is 2.29. The molecule has 0 unspecified atom stereocenters. The highest BCUT2D eigenvalue weighted by molar-refractivity contribution is 7.91. The van der Waals surface area contributed by atoms with Crippen molar-refractivity contribution >= 4 is 33.6 Å². The molecule has 1 aromatic carbocycles. The fraction of sp³-hybridized carbons (Fsp3) is 0.368. The molecule has 0 spiro atoms. The number of piperazine rings is 1. The van der Waals surface area contributed by atoms with E-state index in [2.05, 4.69) is 34.0 Å². The topological polar surface area (TPSA) is 74.2 Å². The molecule has 1 N–H and O–H groups in total. The third-order valence-corrected chi connectivity index (χ3v) is 8.66. The molecule has 1 aliphatic rings. The van der Waals surface area contributed by atoms with Gasteiger partial charge in [-0.15, -0.1) is 11.3 Å². The average Bonchev–Trinajstić information content (AvgIpc) is 3.40. The first-order valence-electron chi connectivity index (χ1n) is 9.49. The lowest BCUT2D eigenvalue weighted by Crippen LogP contribution is -2.48. The van der Waals surface area contributed by atoms with Crippen LogP contribution in [0.4, 0.5) is 0 Å². The van der Waals surface area contributed by atoms with Gasteiger partial charge in [0.1, 0.15) is 4.21 Å². The molecule has 7 nitrogen and oxygen atoms in total. The van der Waals surface area contributed by atoms with Gasteiger partial charge in [0.15, 0.2) is 5.82 Å². The first-order valence-corrected chi connectivity index (χ1v) is 12.2. The molecular formula is C19H23N5O2S3. The minimum absolute atomic E-state index is 0.403. The smallest absolute Gasteiger partial charge is 0.252 e. The van der Waals surface area contributed by atoms with E-state index in [-0.39, 0.29) is 0 Å².